The van der Waals surface area contributed by atoms with Crippen molar-refractivity contribution in [3.05, 3.63) is 30.0 Å². The number of para-hydroxylation sites is 1. The van der Waals surface area contributed by atoms with Crippen molar-refractivity contribution in [3.8, 4) is 0 Å². The van der Waals surface area contributed by atoms with Crippen LogP contribution in [-0.2, 0) is 22.5 Å². The van der Waals surface area contributed by atoms with E-state index in [0.717, 1.165) is 23.1 Å². The first-order valence-corrected chi connectivity index (χ1v) is 7.29. The molecule has 1 atom stereocenters. The summed E-state index contributed by atoms with van der Waals surface area (Å²) in [5.41, 5.74) is 1.94. The highest BCUT2D eigenvalue weighted by Gasteiger charge is 2.20. The standard InChI is InChI=1S/C16H22N2O2/c1-4-16(20-6-3)15(19)11-13-12-9-7-8-10-14(12)18(5-2)17-13/h7-10,16H,4-6,11H2,1-3H3. The van der Waals surface area contributed by atoms with E-state index < -0.39 is 0 Å². The molecule has 0 fully saturated rings. The first-order chi connectivity index (χ1) is 9.71. The molecule has 1 unspecified atom stereocenters. The van der Waals surface area contributed by atoms with E-state index in [9.17, 15) is 4.79 Å². The Hall–Kier alpha value is -1.68. The number of hydrogen-bond donors (Lipinski definition) is 0. The summed E-state index contributed by atoms with van der Waals surface area (Å²) in [6.45, 7) is 7.31. The lowest BCUT2D eigenvalue weighted by molar-refractivity contribution is -0.129. The first-order valence-electron chi connectivity index (χ1n) is 7.29. The van der Waals surface area contributed by atoms with Crippen molar-refractivity contribution in [2.24, 2.45) is 0 Å². The number of aromatic nitrogens is 2. The van der Waals surface area contributed by atoms with Gasteiger partial charge in [0, 0.05) is 18.5 Å². The molecule has 2 rings (SSSR count). The monoisotopic (exact) mass is 274 g/mol. The van der Waals surface area contributed by atoms with Crippen LogP contribution >= 0.6 is 0 Å². The van der Waals surface area contributed by atoms with E-state index in [1.807, 2.05) is 42.8 Å². The summed E-state index contributed by atoms with van der Waals surface area (Å²) < 4.78 is 7.43. The molecule has 0 N–H and O–H groups in total. The van der Waals surface area contributed by atoms with Crippen LogP contribution in [0, 0.1) is 0 Å². The summed E-state index contributed by atoms with van der Waals surface area (Å²) >= 11 is 0. The molecule has 4 heteroatoms. The third-order valence-electron chi connectivity index (χ3n) is 3.47. The molecule has 0 radical (unpaired) electrons. The van der Waals surface area contributed by atoms with E-state index in [0.29, 0.717) is 19.4 Å². The zero-order valence-corrected chi connectivity index (χ0v) is 12.4. The molecule has 0 bridgehead atoms. The van der Waals surface area contributed by atoms with Gasteiger partial charge < -0.3 is 4.74 Å². The van der Waals surface area contributed by atoms with Gasteiger partial charge >= 0.3 is 0 Å². The van der Waals surface area contributed by atoms with Crippen LogP contribution in [0.3, 0.4) is 0 Å². The third kappa shape index (κ3) is 2.90. The van der Waals surface area contributed by atoms with Crippen molar-refractivity contribution in [3.63, 3.8) is 0 Å². The fourth-order valence-corrected chi connectivity index (χ4v) is 2.49. The van der Waals surface area contributed by atoms with Gasteiger partial charge in [0.2, 0.25) is 0 Å². The van der Waals surface area contributed by atoms with Gasteiger partial charge in [-0.15, -0.1) is 0 Å². The van der Waals surface area contributed by atoms with Gasteiger partial charge in [0.1, 0.15) is 6.10 Å². The summed E-state index contributed by atoms with van der Waals surface area (Å²) in [5, 5.41) is 5.63. The minimum absolute atomic E-state index is 0.112. The maximum Gasteiger partial charge on any atom is 0.167 e. The Morgan fingerprint density at radius 3 is 2.70 bits per heavy atom. The average Bonchev–Trinajstić information content (AvgIpc) is 2.83. The third-order valence-corrected chi connectivity index (χ3v) is 3.47. The number of fused-ring (bicyclic) bond motifs is 1. The minimum atomic E-state index is -0.314. The zero-order valence-electron chi connectivity index (χ0n) is 12.4. The van der Waals surface area contributed by atoms with E-state index in [1.165, 1.54) is 0 Å². The number of benzene rings is 1. The van der Waals surface area contributed by atoms with Crippen LogP contribution in [0.15, 0.2) is 24.3 Å². The zero-order chi connectivity index (χ0) is 14.5. The second-order valence-electron chi connectivity index (χ2n) is 4.77. The molecule has 1 aromatic heterocycles. The maximum atomic E-state index is 12.3. The van der Waals surface area contributed by atoms with Crippen molar-refractivity contribution < 1.29 is 9.53 Å². The van der Waals surface area contributed by atoms with Crippen molar-refractivity contribution in [2.75, 3.05) is 6.61 Å². The Bertz CT molecular complexity index is 589. The molecule has 20 heavy (non-hydrogen) atoms. The van der Waals surface area contributed by atoms with Crippen molar-refractivity contribution in [1.29, 1.82) is 0 Å². The molecular formula is C16H22N2O2. The number of Topliss-reactive ketones (excluding diaryl/α,β-unsaturated/α-hetero) is 1. The number of rotatable bonds is 7. The van der Waals surface area contributed by atoms with Crippen LogP contribution in [0.1, 0.15) is 32.9 Å². The number of aryl methyl sites for hydroxylation is 1. The van der Waals surface area contributed by atoms with Crippen molar-refractivity contribution >= 4 is 16.7 Å². The smallest absolute Gasteiger partial charge is 0.167 e. The van der Waals surface area contributed by atoms with E-state index >= 15 is 0 Å². The molecule has 0 aliphatic carbocycles. The van der Waals surface area contributed by atoms with E-state index in [2.05, 4.69) is 12.0 Å². The quantitative estimate of drug-likeness (QED) is 0.779. The molecule has 108 valence electrons. The molecule has 1 aromatic carbocycles. The number of ketones is 1. The minimum Gasteiger partial charge on any atom is -0.371 e. The SMILES string of the molecule is CCOC(CC)C(=O)Cc1nn(CC)c2ccccc12. The molecular weight excluding hydrogens is 252 g/mol. The number of nitrogens with zero attached hydrogens (tertiary/aromatic N) is 2. The number of hydrogen-bond acceptors (Lipinski definition) is 3. The summed E-state index contributed by atoms with van der Waals surface area (Å²) in [5.74, 6) is 0.112. The first kappa shape index (κ1) is 14.7. The lowest BCUT2D eigenvalue weighted by Gasteiger charge is -2.12. The summed E-state index contributed by atoms with van der Waals surface area (Å²) in [4.78, 5) is 12.3. The number of carbonyl (C=O) groups is 1. The highest BCUT2D eigenvalue weighted by molar-refractivity contribution is 5.90. The number of ether oxygens (including phenoxy) is 1. The van der Waals surface area contributed by atoms with E-state index in [1.54, 1.807) is 0 Å². The summed E-state index contributed by atoms with van der Waals surface area (Å²) in [7, 11) is 0. The van der Waals surface area contributed by atoms with Crippen LogP contribution in [0.4, 0.5) is 0 Å². The fourth-order valence-electron chi connectivity index (χ4n) is 2.49. The lowest BCUT2D eigenvalue weighted by atomic mass is 10.1. The van der Waals surface area contributed by atoms with Gasteiger partial charge in [-0.05, 0) is 26.3 Å². The van der Waals surface area contributed by atoms with Gasteiger partial charge in [0.05, 0.1) is 17.6 Å². The normalized spacial score (nSPS) is 12.8. The Labute approximate surface area is 119 Å². The molecule has 1 heterocycles. The molecule has 2 aromatic rings. The van der Waals surface area contributed by atoms with Gasteiger partial charge in [0.15, 0.2) is 5.78 Å². The van der Waals surface area contributed by atoms with Gasteiger partial charge in [-0.1, -0.05) is 25.1 Å². The molecule has 0 aliphatic heterocycles. The van der Waals surface area contributed by atoms with Gasteiger partial charge in [0.25, 0.3) is 0 Å². The van der Waals surface area contributed by atoms with E-state index in [-0.39, 0.29) is 11.9 Å². The predicted molar refractivity (Wildman–Crippen MR) is 79.8 cm³/mol. The fraction of sp³-hybridized carbons (Fsp3) is 0.500. The predicted octanol–water partition coefficient (Wildman–Crippen LogP) is 2.98. The molecule has 0 spiro atoms. The molecule has 4 nitrogen and oxygen atoms in total. The summed E-state index contributed by atoms with van der Waals surface area (Å²) in [6, 6.07) is 8.05. The van der Waals surface area contributed by atoms with Crippen LogP contribution in [0.25, 0.3) is 10.9 Å². The maximum absolute atomic E-state index is 12.3. The molecule has 0 amide bonds. The van der Waals surface area contributed by atoms with Crippen molar-refractivity contribution in [2.45, 2.75) is 46.3 Å². The largest absolute Gasteiger partial charge is 0.371 e. The Morgan fingerprint density at radius 1 is 1.30 bits per heavy atom. The second kappa shape index (κ2) is 6.66. The Balaban J connectivity index is 2.27. The van der Waals surface area contributed by atoms with E-state index in [4.69, 9.17) is 4.74 Å². The Kier molecular flexibility index (Phi) is 4.90. The lowest BCUT2D eigenvalue weighted by Crippen LogP contribution is -2.25. The molecule has 0 aliphatic rings. The molecule has 0 saturated carbocycles. The number of carbonyl (C=O) groups excluding carboxylic acids is 1. The van der Waals surface area contributed by atoms with Gasteiger partial charge in [-0.3, -0.25) is 9.48 Å². The van der Waals surface area contributed by atoms with Crippen LogP contribution in [-0.4, -0.2) is 28.3 Å². The highest BCUT2D eigenvalue weighted by atomic mass is 16.5. The Morgan fingerprint density at radius 2 is 2.05 bits per heavy atom. The summed E-state index contributed by atoms with van der Waals surface area (Å²) in [6.07, 6.45) is 0.732. The average molecular weight is 274 g/mol. The van der Waals surface area contributed by atoms with Crippen molar-refractivity contribution in [1.82, 2.24) is 9.78 Å². The highest BCUT2D eigenvalue weighted by Crippen LogP contribution is 2.19. The van der Waals surface area contributed by atoms with Crippen LogP contribution in [0.5, 0.6) is 0 Å². The topological polar surface area (TPSA) is 44.1 Å². The second-order valence-corrected chi connectivity index (χ2v) is 4.77. The molecule has 0 saturated heterocycles. The van der Waals surface area contributed by atoms with Crippen LogP contribution < -0.4 is 0 Å². The van der Waals surface area contributed by atoms with Crippen LogP contribution in [0.2, 0.25) is 0 Å². The van der Waals surface area contributed by atoms with Gasteiger partial charge in [-0.2, -0.15) is 5.10 Å². The van der Waals surface area contributed by atoms with Gasteiger partial charge in [-0.25, -0.2) is 0 Å².